The van der Waals surface area contributed by atoms with E-state index in [-0.39, 0.29) is 24.3 Å². The lowest BCUT2D eigenvalue weighted by Crippen LogP contribution is -2.32. The molecule has 0 unspecified atom stereocenters. The summed E-state index contributed by atoms with van der Waals surface area (Å²) in [5, 5.41) is 5.83. The minimum Gasteiger partial charge on any atom is -0.348 e. The fraction of sp³-hybridized carbons (Fsp3) is 0.455. The molecule has 0 aliphatic heterocycles. The van der Waals surface area contributed by atoms with Crippen molar-refractivity contribution in [3.05, 3.63) is 22.4 Å². The molecule has 0 saturated heterocycles. The van der Waals surface area contributed by atoms with E-state index < -0.39 is 0 Å². The van der Waals surface area contributed by atoms with E-state index in [1.165, 1.54) is 25.4 Å². The van der Waals surface area contributed by atoms with E-state index in [9.17, 15) is 9.59 Å². The SMILES string of the molecule is CON(C)C(=O)C[C@@H](NC(C)=O)c1cccs1. The molecule has 1 rings (SSSR count). The van der Waals surface area contributed by atoms with Crippen molar-refractivity contribution in [1.82, 2.24) is 10.4 Å². The fourth-order valence-corrected chi connectivity index (χ4v) is 2.14. The van der Waals surface area contributed by atoms with E-state index in [4.69, 9.17) is 4.84 Å². The summed E-state index contributed by atoms with van der Waals surface area (Å²) in [6, 6.07) is 3.49. The average molecular weight is 256 g/mol. The predicted molar refractivity (Wildman–Crippen MR) is 65.3 cm³/mol. The molecule has 5 nitrogen and oxygen atoms in total. The van der Waals surface area contributed by atoms with Crippen molar-refractivity contribution in [2.75, 3.05) is 14.2 Å². The first-order chi connectivity index (χ1) is 8.04. The smallest absolute Gasteiger partial charge is 0.248 e. The van der Waals surface area contributed by atoms with Gasteiger partial charge in [-0.2, -0.15) is 0 Å². The Labute approximate surface area is 104 Å². The van der Waals surface area contributed by atoms with Crippen molar-refractivity contribution in [3.8, 4) is 0 Å². The molecule has 0 aromatic carbocycles. The highest BCUT2D eigenvalue weighted by Gasteiger charge is 2.20. The molecule has 0 bridgehead atoms. The summed E-state index contributed by atoms with van der Waals surface area (Å²) in [4.78, 5) is 28.6. The summed E-state index contributed by atoms with van der Waals surface area (Å²) in [5.74, 6) is -0.337. The normalized spacial score (nSPS) is 11.9. The molecule has 1 heterocycles. The highest BCUT2D eigenvalue weighted by Crippen LogP contribution is 2.22. The number of rotatable bonds is 5. The molecule has 1 aromatic rings. The highest BCUT2D eigenvalue weighted by atomic mass is 32.1. The second-order valence-corrected chi connectivity index (χ2v) is 4.53. The van der Waals surface area contributed by atoms with Gasteiger partial charge >= 0.3 is 0 Å². The zero-order chi connectivity index (χ0) is 12.8. The number of carbonyl (C=O) groups excluding carboxylic acids is 2. The van der Waals surface area contributed by atoms with Crippen LogP contribution in [0.2, 0.25) is 0 Å². The number of nitrogens with one attached hydrogen (secondary N) is 1. The number of hydroxylamine groups is 2. The van der Waals surface area contributed by atoms with Gasteiger partial charge in [0, 0.05) is 18.8 Å². The molecule has 0 saturated carbocycles. The summed E-state index contributed by atoms with van der Waals surface area (Å²) in [6.07, 6.45) is 0.185. The first-order valence-corrected chi connectivity index (χ1v) is 6.03. The maximum Gasteiger partial charge on any atom is 0.248 e. The van der Waals surface area contributed by atoms with E-state index in [1.807, 2.05) is 17.5 Å². The van der Waals surface area contributed by atoms with Crippen molar-refractivity contribution in [2.24, 2.45) is 0 Å². The Morgan fingerprint density at radius 1 is 1.59 bits per heavy atom. The molecule has 17 heavy (non-hydrogen) atoms. The summed E-state index contributed by atoms with van der Waals surface area (Å²) in [5.41, 5.74) is 0. The minimum atomic E-state index is -0.294. The molecule has 94 valence electrons. The van der Waals surface area contributed by atoms with E-state index in [1.54, 1.807) is 7.05 Å². The lowest BCUT2D eigenvalue weighted by molar-refractivity contribution is -0.169. The van der Waals surface area contributed by atoms with Gasteiger partial charge < -0.3 is 5.32 Å². The first-order valence-electron chi connectivity index (χ1n) is 5.15. The first kappa shape index (κ1) is 13.7. The second-order valence-electron chi connectivity index (χ2n) is 3.55. The van der Waals surface area contributed by atoms with Crippen LogP contribution in [0.5, 0.6) is 0 Å². The van der Waals surface area contributed by atoms with Gasteiger partial charge in [-0.25, -0.2) is 5.06 Å². The van der Waals surface area contributed by atoms with Crippen molar-refractivity contribution in [1.29, 1.82) is 0 Å². The van der Waals surface area contributed by atoms with Crippen LogP contribution in [0.3, 0.4) is 0 Å². The molecular weight excluding hydrogens is 240 g/mol. The Hall–Kier alpha value is -1.40. The van der Waals surface area contributed by atoms with Crippen LogP contribution >= 0.6 is 11.3 Å². The fourth-order valence-electron chi connectivity index (χ4n) is 1.36. The van der Waals surface area contributed by atoms with Crippen molar-refractivity contribution in [3.63, 3.8) is 0 Å². The molecule has 1 aromatic heterocycles. The standard InChI is InChI=1S/C11H16N2O3S/c1-8(14)12-9(10-5-4-6-17-10)7-11(15)13(2)16-3/h4-6,9H,7H2,1-3H3,(H,12,14)/t9-/m1/s1. The van der Waals surface area contributed by atoms with Gasteiger partial charge in [-0.1, -0.05) is 6.07 Å². The molecule has 0 aliphatic carbocycles. The van der Waals surface area contributed by atoms with E-state index in [0.717, 1.165) is 9.94 Å². The third-order valence-corrected chi connectivity index (χ3v) is 3.25. The lowest BCUT2D eigenvalue weighted by atomic mass is 10.1. The second kappa shape index (κ2) is 6.36. The highest BCUT2D eigenvalue weighted by molar-refractivity contribution is 7.10. The van der Waals surface area contributed by atoms with Gasteiger partial charge in [0.1, 0.15) is 0 Å². The number of hydrogen-bond donors (Lipinski definition) is 1. The van der Waals surface area contributed by atoms with Crippen LogP contribution in [0.1, 0.15) is 24.3 Å². The summed E-state index contributed by atoms with van der Waals surface area (Å²) < 4.78 is 0. The summed E-state index contributed by atoms with van der Waals surface area (Å²) >= 11 is 1.51. The maximum absolute atomic E-state index is 11.7. The Balaban J connectivity index is 2.71. The topological polar surface area (TPSA) is 58.6 Å². The Bertz CT molecular complexity index is 378. The van der Waals surface area contributed by atoms with Gasteiger partial charge in [-0.15, -0.1) is 11.3 Å². The zero-order valence-electron chi connectivity index (χ0n) is 10.1. The maximum atomic E-state index is 11.7. The molecule has 0 fully saturated rings. The van der Waals surface area contributed by atoms with Crippen molar-refractivity contribution >= 4 is 23.2 Å². The van der Waals surface area contributed by atoms with Crippen LogP contribution in [0.15, 0.2) is 17.5 Å². The van der Waals surface area contributed by atoms with Crippen LogP contribution in [-0.4, -0.2) is 31.0 Å². The van der Waals surface area contributed by atoms with Gasteiger partial charge in [0.05, 0.1) is 19.6 Å². The number of hydrogen-bond acceptors (Lipinski definition) is 4. The average Bonchev–Trinajstić information content (AvgIpc) is 2.79. The van der Waals surface area contributed by atoms with Crippen LogP contribution in [-0.2, 0) is 14.4 Å². The van der Waals surface area contributed by atoms with E-state index >= 15 is 0 Å². The van der Waals surface area contributed by atoms with Crippen molar-refractivity contribution in [2.45, 2.75) is 19.4 Å². The predicted octanol–water partition coefficient (Wildman–Crippen LogP) is 1.34. The van der Waals surface area contributed by atoms with Crippen LogP contribution < -0.4 is 5.32 Å². The van der Waals surface area contributed by atoms with E-state index in [2.05, 4.69) is 5.32 Å². The monoisotopic (exact) mass is 256 g/mol. The van der Waals surface area contributed by atoms with Crippen LogP contribution in [0.4, 0.5) is 0 Å². The quantitative estimate of drug-likeness (QED) is 0.809. The summed E-state index contributed by atoms with van der Waals surface area (Å²) in [7, 11) is 2.97. The molecule has 0 radical (unpaired) electrons. The van der Waals surface area contributed by atoms with Crippen LogP contribution in [0, 0.1) is 0 Å². The number of thiophene rings is 1. The van der Waals surface area contributed by atoms with E-state index in [0.29, 0.717) is 0 Å². The van der Waals surface area contributed by atoms with Gasteiger partial charge in [0.2, 0.25) is 11.8 Å². The molecule has 1 N–H and O–H groups in total. The largest absolute Gasteiger partial charge is 0.348 e. The molecule has 1 atom stereocenters. The van der Waals surface area contributed by atoms with Gasteiger partial charge in [-0.3, -0.25) is 14.4 Å². The van der Waals surface area contributed by atoms with Crippen molar-refractivity contribution < 1.29 is 14.4 Å². The van der Waals surface area contributed by atoms with Gasteiger partial charge in [0.25, 0.3) is 0 Å². The van der Waals surface area contributed by atoms with Crippen LogP contribution in [0.25, 0.3) is 0 Å². The Morgan fingerprint density at radius 3 is 2.76 bits per heavy atom. The zero-order valence-corrected chi connectivity index (χ0v) is 10.9. The molecule has 0 aliphatic rings. The molecule has 2 amide bonds. The molecule has 0 spiro atoms. The third-order valence-electron chi connectivity index (χ3n) is 2.27. The van der Waals surface area contributed by atoms with Gasteiger partial charge in [0.15, 0.2) is 0 Å². The lowest BCUT2D eigenvalue weighted by Gasteiger charge is -2.19. The number of amides is 2. The number of carbonyl (C=O) groups is 2. The van der Waals surface area contributed by atoms with Gasteiger partial charge in [-0.05, 0) is 11.4 Å². The Kier molecular flexibility index (Phi) is 5.11. The third kappa shape index (κ3) is 4.16. The molecular formula is C11H16N2O3S. The summed E-state index contributed by atoms with van der Waals surface area (Å²) in [6.45, 7) is 1.44. The molecule has 6 heteroatoms. The Morgan fingerprint density at radius 2 is 2.29 bits per heavy atom. The minimum absolute atomic E-state index is 0.156. The number of nitrogens with zero attached hydrogens (tertiary/aromatic N) is 1.